The molecule has 0 aliphatic rings. The van der Waals surface area contributed by atoms with Gasteiger partial charge in [-0.05, 0) is 41.1 Å². The second kappa shape index (κ2) is 9.45. The summed E-state index contributed by atoms with van der Waals surface area (Å²) in [6.07, 6.45) is 5.00. The maximum absolute atomic E-state index is 12.7. The second-order valence-electron chi connectivity index (χ2n) is 6.86. The number of amides is 1. The Morgan fingerprint density at radius 2 is 1.93 bits per heavy atom. The van der Waals surface area contributed by atoms with Crippen molar-refractivity contribution in [3.05, 3.63) is 88.2 Å². The summed E-state index contributed by atoms with van der Waals surface area (Å²) in [6.45, 7) is 2.13. The molecule has 1 aromatic carbocycles. The molecule has 6 nitrogen and oxygen atoms in total. The van der Waals surface area contributed by atoms with Crippen LogP contribution >= 0.6 is 11.3 Å². The third kappa shape index (κ3) is 4.80. The van der Waals surface area contributed by atoms with Gasteiger partial charge in [0.2, 0.25) is 17.6 Å². The van der Waals surface area contributed by atoms with E-state index >= 15 is 0 Å². The molecule has 1 N–H and O–H groups in total. The Balaban J connectivity index is 1.41. The van der Waals surface area contributed by atoms with Gasteiger partial charge in [0, 0.05) is 35.7 Å². The summed E-state index contributed by atoms with van der Waals surface area (Å²) < 4.78 is 5.30. The Labute approximate surface area is 179 Å². The van der Waals surface area contributed by atoms with Crippen LogP contribution in [0.3, 0.4) is 0 Å². The molecule has 4 aromatic rings. The number of hydrogen-bond acceptors (Lipinski definition) is 6. The SMILES string of the molecule is CCc1ccc(C(NC(=O)CCc2nc(-c3ccncc3)no2)c2cccs2)cc1. The third-order valence-corrected chi connectivity index (χ3v) is 5.76. The van der Waals surface area contributed by atoms with Gasteiger partial charge in [-0.3, -0.25) is 9.78 Å². The average molecular weight is 419 g/mol. The van der Waals surface area contributed by atoms with Crippen LogP contribution in [-0.2, 0) is 17.6 Å². The third-order valence-electron chi connectivity index (χ3n) is 4.83. The van der Waals surface area contributed by atoms with Crippen LogP contribution in [0.1, 0.15) is 41.3 Å². The van der Waals surface area contributed by atoms with E-state index in [2.05, 4.69) is 51.6 Å². The highest BCUT2D eigenvalue weighted by atomic mass is 32.1. The van der Waals surface area contributed by atoms with Gasteiger partial charge in [-0.1, -0.05) is 42.4 Å². The van der Waals surface area contributed by atoms with Crippen molar-refractivity contribution in [3.8, 4) is 11.4 Å². The number of thiophene rings is 1. The predicted molar refractivity (Wildman–Crippen MR) is 116 cm³/mol. The number of rotatable bonds is 8. The van der Waals surface area contributed by atoms with Crippen LogP contribution in [0.25, 0.3) is 11.4 Å². The van der Waals surface area contributed by atoms with Crippen molar-refractivity contribution in [2.45, 2.75) is 32.2 Å². The average Bonchev–Trinajstić information content (AvgIpc) is 3.49. The fourth-order valence-electron chi connectivity index (χ4n) is 3.15. The quantitative estimate of drug-likeness (QED) is 0.452. The molecule has 0 spiro atoms. The van der Waals surface area contributed by atoms with Gasteiger partial charge in [0.1, 0.15) is 0 Å². The number of pyridine rings is 1. The van der Waals surface area contributed by atoms with Crippen molar-refractivity contribution in [2.75, 3.05) is 0 Å². The van der Waals surface area contributed by atoms with E-state index in [9.17, 15) is 4.79 Å². The minimum absolute atomic E-state index is 0.0587. The molecule has 152 valence electrons. The van der Waals surface area contributed by atoms with Crippen molar-refractivity contribution in [1.82, 2.24) is 20.4 Å². The molecule has 1 amide bonds. The van der Waals surface area contributed by atoms with Crippen molar-refractivity contribution in [1.29, 1.82) is 0 Å². The lowest BCUT2D eigenvalue weighted by Crippen LogP contribution is -2.29. The minimum Gasteiger partial charge on any atom is -0.344 e. The molecule has 3 aromatic heterocycles. The zero-order valence-electron chi connectivity index (χ0n) is 16.6. The van der Waals surface area contributed by atoms with Crippen molar-refractivity contribution in [2.24, 2.45) is 0 Å². The number of aryl methyl sites for hydroxylation is 2. The van der Waals surface area contributed by atoms with E-state index in [0.29, 0.717) is 18.1 Å². The molecule has 1 atom stereocenters. The van der Waals surface area contributed by atoms with Gasteiger partial charge in [-0.15, -0.1) is 11.3 Å². The number of benzene rings is 1. The summed E-state index contributed by atoms with van der Waals surface area (Å²) in [4.78, 5) is 22.2. The van der Waals surface area contributed by atoms with Crippen LogP contribution in [0.5, 0.6) is 0 Å². The first-order valence-electron chi connectivity index (χ1n) is 9.87. The van der Waals surface area contributed by atoms with E-state index in [1.807, 2.05) is 29.6 Å². The Hall–Kier alpha value is -3.32. The highest BCUT2D eigenvalue weighted by Crippen LogP contribution is 2.26. The van der Waals surface area contributed by atoms with E-state index in [1.165, 1.54) is 5.56 Å². The van der Waals surface area contributed by atoms with Crippen LogP contribution in [0.2, 0.25) is 0 Å². The number of hydrogen-bond donors (Lipinski definition) is 1. The Morgan fingerprint density at radius 3 is 2.63 bits per heavy atom. The number of nitrogens with one attached hydrogen (secondary N) is 1. The molecule has 3 heterocycles. The largest absolute Gasteiger partial charge is 0.344 e. The number of carbonyl (C=O) groups excluding carboxylic acids is 1. The summed E-state index contributed by atoms with van der Waals surface area (Å²) >= 11 is 1.63. The van der Waals surface area contributed by atoms with Gasteiger partial charge in [0.05, 0.1) is 6.04 Å². The molecule has 7 heteroatoms. The Morgan fingerprint density at radius 1 is 1.13 bits per heavy atom. The lowest BCUT2D eigenvalue weighted by atomic mass is 10.0. The zero-order valence-corrected chi connectivity index (χ0v) is 17.4. The summed E-state index contributed by atoms with van der Waals surface area (Å²) in [7, 11) is 0. The number of carbonyl (C=O) groups is 1. The molecular formula is C23H22N4O2S. The summed E-state index contributed by atoms with van der Waals surface area (Å²) in [5.74, 6) is 0.883. The molecule has 0 saturated heterocycles. The van der Waals surface area contributed by atoms with Gasteiger partial charge < -0.3 is 9.84 Å². The van der Waals surface area contributed by atoms with Crippen LogP contribution in [-0.4, -0.2) is 21.0 Å². The summed E-state index contributed by atoms with van der Waals surface area (Å²) in [6, 6.07) is 15.9. The second-order valence-corrected chi connectivity index (χ2v) is 7.84. The van der Waals surface area contributed by atoms with Gasteiger partial charge in [0.25, 0.3) is 0 Å². The van der Waals surface area contributed by atoms with Gasteiger partial charge in [-0.2, -0.15) is 4.98 Å². The smallest absolute Gasteiger partial charge is 0.227 e. The van der Waals surface area contributed by atoms with E-state index < -0.39 is 0 Å². The first-order valence-corrected chi connectivity index (χ1v) is 10.8. The van der Waals surface area contributed by atoms with E-state index in [1.54, 1.807) is 23.7 Å². The van der Waals surface area contributed by atoms with Crippen molar-refractivity contribution < 1.29 is 9.32 Å². The van der Waals surface area contributed by atoms with E-state index in [4.69, 9.17) is 4.52 Å². The molecule has 0 aliphatic heterocycles. The molecule has 4 rings (SSSR count). The molecule has 0 aliphatic carbocycles. The highest BCUT2D eigenvalue weighted by molar-refractivity contribution is 7.10. The monoisotopic (exact) mass is 418 g/mol. The maximum atomic E-state index is 12.7. The Kier molecular flexibility index (Phi) is 6.29. The van der Waals surface area contributed by atoms with Crippen LogP contribution in [0.4, 0.5) is 0 Å². The zero-order chi connectivity index (χ0) is 20.8. The maximum Gasteiger partial charge on any atom is 0.227 e. The minimum atomic E-state index is -0.168. The van der Waals surface area contributed by atoms with Gasteiger partial charge >= 0.3 is 0 Å². The fraction of sp³-hybridized carbons (Fsp3) is 0.217. The molecule has 0 saturated carbocycles. The standard InChI is InChI=1S/C23H22N4O2S/c1-2-16-5-7-17(8-6-16)22(19-4-3-15-30-19)25-20(28)9-10-21-26-23(27-29-21)18-11-13-24-14-12-18/h3-8,11-15,22H,2,9-10H2,1H3,(H,25,28). The van der Waals surface area contributed by atoms with Crippen molar-refractivity contribution in [3.63, 3.8) is 0 Å². The van der Waals surface area contributed by atoms with Crippen LogP contribution in [0.15, 0.2) is 70.8 Å². The fourth-order valence-corrected chi connectivity index (χ4v) is 3.95. The normalized spacial score (nSPS) is 11.9. The number of nitrogens with zero attached hydrogens (tertiary/aromatic N) is 3. The first-order chi connectivity index (χ1) is 14.7. The lowest BCUT2D eigenvalue weighted by molar-refractivity contribution is -0.121. The molecule has 0 bridgehead atoms. The summed E-state index contributed by atoms with van der Waals surface area (Å²) in [5, 5.41) is 9.16. The predicted octanol–water partition coefficient (Wildman–Crippen LogP) is 4.59. The molecule has 0 radical (unpaired) electrons. The Bertz CT molecular complexity index is 1080. The van der Waals surface area contributed by atoms with Gasteiger partial charge in [-0.25, -0.2) is 0 Å². The summed E-state index contributed by atoms with van der Waals surface area (Å²) in [5.41, 5.74) is 3.18. The molecule has 30 heavy (non-hydrogen) atoms. The van der Waals surface area contributed by atoms with E-state index in [0.717, 1.165) is 22.4 Å². The molecule has 0 fully saturated rings. The van der Waals surface area contributed by atoms with E-state index in [-0.39, 0.29) is 18.4 Å². The van der Waals surface area contributed by atoms with Crippen LogP contribution in [0, 0.1) is 0 Å². The van der Waals surface area contributed by atoms with Gasteiger partial charge in [0.15, 0.2) is 0 Å². The number of aromatic nitrogens is 3. The molecule has 1 unspecified atom stereocenters. The topological polar surface area (TPSA) is 80.9 Å². The lowest BCUT2D eigenvalue weighted by Gasteiger charge is -2.18. The van der Waals surface area contributed by atoms with Crippen molar-refractivity contribution >= 4 is 17.2 Å². The molecular weight excluding hydrogens is 396 g/mol. The van der Waals surface area contributed by atoms with Crippen LogP contribution < -0.4 is 5.32 Å². The first kappa shape index (κ1) is 20.0. The highest BCUT2D eigenvalue weighted by Gasteiger charge is 2.19.